The van der Waals surface area contributed by atoms with Gasteiger partial charge in [0.05, 0.1) is 11.6 Å². The average Bonchev–Trinajstić information content (AvgIpc) is 3.33. The van der Waals surface area contributed by atoms with E-state index >= 15 is 0 Å². The Hall–Kier alpha value is -2.80. The Balaban J connectivity index is 1.54. The number of ether oxygens (including phenoxy) is 1. The van der Waals surface area contributed by atoms with E-state index in [9.17, 15) is 4.39 Å². The lowest BCUT2D eigenvalue weighted by molar-refractivity contribution is 0.174. The van der Waals surface area contributed by atoms with Crippen LogP contribution in [0.25, 0.3) is 11.5 Å². The first-order chi connectivity index (χ1) is 12.7. The quantitative estimate of drug-likeness (QED) is 0.695. The fraction of sp³-hybridized carbons (Fsp3) is 0.316. The smallest absolute Gasteiger partial charge is 0.259 e. The topological polar surface area (TPSA) is 64.3 Å². The van der Waals surface area contributed by atoms with Crippen molar-refractivity contribution in [2.75, 3.05) is 18.6 Å². The van der Waals surface area contributed by atoms with Crippen molar-refractivity contribution in [1.29, 1.82) is 0 Å². The maximum Gasteiger partial charge on any atom is 0.259 e. The molecule has 0 spiro atoms. The van der Waals surface area contributed by atoms with E-state index in [1.54, 1.807) is 13.3 Å². The first-order valence-electron chi connectivity index (χ1n) is 8.54. The molecule has 0 saturated carbocycles. The fourth-order valence-electron chi connectivity index (χ4n) is 3.31. The second-order valence-corrected chi connectivity index (χ2v) is 6.26. The number of hydrogen-bond donors (Lipinski definition) is 0. The van der Waals surface area contributed by atoms with Crippen molar-refractivity contribution < 1.29 is 13.7 Å². The van der Waals surface area contributed by atoms with Crippen molar-refractivity contribution in [2.24, 2.45) is 0 Å². The van der Waals surface area contributed by atoms with Crippen LogP contribution in [0.5, 0.6) is 0 Å². The molecule has 134 valence electrons. The highest BCUT2D eigenvalue weighted by molar-refractivity contribution is 5.55. The van der Waals surface area contributed by atoms with Gasteiger partial charge >= 0.3 is 0 Å². The Morgan fingerprint density at radius 2 is 2.08 bits per heavy atom. The molecule has 0 amide bonds. The molecule has 0 N–H and O–H groups in total. The number of anilines is 1. The summed E-state index contributed by atoms with van der Waals surface area (Å²) in [5, 5.41) is 3.86. The van der Waals surface area contributed by atoms with Crippen LogP contribution in [0.2, 0.25) is 0 Å². The molecule has 6 nitrogen and oxygen atoms in total. The Morgan fingerprint density at radius 3 is 2.81 bits per heavy atom. The normalized spacial score (nSPS) is 17.0. The van der Waals surface area contributed by atoms with Gasteiger partial charge in [0.2, 0.25) is 0 Å². The summed E-state index contributed by atoms with van der Waals surface area (Å²) in [4.78, 5) is 11.1. The van der Waals surface area contributed by atoms with E-state index in [1.807, 2.05) is 24.3 Å². The minimum atomic E-state index is -0.215. The van der Waals surface area contributed by atoms with E-state index in [4.69, 9.17) is 9.26 Å². The van der Waals surface area contributed by atoms with Gasteiger partial charge in [0.25, 0.3) is 5.89 Å². The number of rotatable bonds is 5. The van der Waals surface area contributed by atoms with Gasteiger partial charge in [0.1, 0.15) is 18.2 Å². The van der Waals surface area contributed by atoms with Crippen LogP contribution in [0.15, 0.2) is 47.1 Å². The molecule has 1 aliphatic rings. The molecule has 0 unspecified atom stereocenters. The van der Waals surface area contributed by atoms with E-state index < -0.39 is 0 Å². The maximum atomic E-state index is 13.2. The number of aromatic nitrogens is 3. The second kappa shape index (κ2) is 7.21. The third-order valence-electron chi connectivity index (χ3n) is 4.54. The van der Waals surface area contributed by atoms with Gasteiger partial charge in [-0.25, -0.2) is 9.37 Å². The summed E-state index contributed by atoms with van der Waals surface area (Å²) >= 11 is 0. The Bertz CT molecular complexity index is 864. The first-order valence-corrected chi connectivity index (χ1v) is 8.54. The second-order valence-electron chi connectivity index (χ2n) is 6.26. The highest BCUT2D eigenvalue weighted by atomic mass is 19.1. The minimum Gasteiger partial charge on any atom is -0.377 e. The third-order valence-corrected chi connectivity index (χ3v) is 4.54. The van der Waals surface area contributed by atoms with E-state index in [2.05, 4.69) is 20.0 Å². The molecule has 0 bridgehead atoms. The summed E-state index contributed by atoms with van der Waals surface area (Å²) in [7, 11) is 1.58. The summed E-state index contributed by atoms with van der Waals surface area (Å²) in [5.74, 6) is 1.60. The molecule has 1 aromatic carbocycles. The van der Waals surface area contributed by atoms with Crippen LogP contribution in [-0.2, 0) is 11.3 Å². The zero-order valence-corrected chi connectivity index (χ0v) is 14.4. The summed E-state index contributed by atoms with van der Waals surface area (Å²) < 4.78 is 23.4. The van der Waals surface area contributed by atoms with E-state index in [1.165, 1.54) is 12.1 Å². The van der Waals surface area contributed by atoms with Gasteiger partial charge in [0, 0.05) is 19.9 Å². The number of halogens is 1. The van der Waals surface area contributed by atoms with Crippen LogP contribution in [0, 0.1) is 5.82 Å². The Kier molecular flexibility index (Phi) is 4.62. The predicted molar refractivity (Wildman–Crippen MR) is 94.0 cm³/mol. The van der Waals surface area contributed by atoms with E-state index in [-0.39, 0.29) is 11.9 Å². The molecule has 26 heavy (non-hydrogen) atoms. The molecule has 7 heteroatoms. The Labute approximate surface area is 150 Å². The molecule has 1 saturated heterocycles. The van der Waals surface area contributed by atoms with Gasteiger partial charge < -0.3 is 14.2 Å². The van der Waals surface area contributed by atoms with Crippen molar-refractivity contribution in [2.45, 2.75) is 25.5 Å². The van der Waals surface area contributed by atoms with Gasteiger partial charge in [-0.2, -0.15) is 4.98 Å². The number of methoxy groups -OCH3 is 1. The van der Waals surface area contributed by atoms with Crippen LogP contribution in [-0.4, -0.2) is 28.8 Å². The fourth-order valence-corrected chi connectivity index (χ4v) is 3.31. The van der Waals surface area contributed by atoms with Gasteiger partial charge in [-0.3, -0.25) is 0 Å². The van der Waals surface area contributed by atoms with E-state index in [0.717, 1.165) is 36.3 Å². The summed E-state index contributed by atoms with van der Waals surface area (Å²) in [5.41, 5.74) is 1.87. The highest BCUT2D eigenvalue weighted by Gasteiger charge is 2.27. The number of benzene rings is 1. The minimum absolute atomic E-state index is 0.214. The van der Waals surface area contributed by atoms with Crippen molar-refractivity contribution in [3.05, 3.63) is 59.8 Å². The third kappa shape index (κ3) is 3.30. The molecule has 0 radical (unpaired) electrons. The molecule has 3 heterocycles. The zero-order chi connectivity index (χ0) is 17.9. The lowest BCUT2D eigenvalue weighted by atomic mass is 10.0. The molecule has 3 aromatic rings. The summed E-state index contributed by atoms with van der Waals surface area (Å²) in [6.07, 6.45) is 3.84. The van der Waals surface area contributed by atoms with Crippen LogP contribution in [0.1, 0.15) is 30.3 Å². The monoisotopic (exact) mass is 354 g/mol. The van der Waals surface area contributed by atoms with Crippen LogP contribution in [0.3, 0.4) is 0 Å². The zero-order valence-electron chi connectivity index (χ0n) is 14.4. The largest absolute Gasteiger partial charge is 0.377 e. The lowest BCUT2D eigenvalue weighted by Crippen LogP contribution is -2.23. The SMILES string of the molecule is COCc1noc(-c2ccc(N3CCC[C@H]3c3ccc(F)cc3)nc2)n1. The summed E-state index contributed by atoms with van der Waals surface area (Å²) in [6, 6.07) is 10.8. The molecule has 2 aromatic heterocycles. The van der Waals surface area contributed by atoms with Gasteiger partial charge in [-0.1, -0.05) is 17.3 Å². The number of hydrogen-bond acceptors (Lipinski definition) is 6. The average molecular weight is 354 g/mol. The molecular formula is C19H19FN4O2. The van der Waals surface area contributed by atoms with Gasteiger partial charge in [-0.05, 0) is 42.7 Å². The summed E-state index contributed by atoms with van der Waals surface area (Å²) in [6.45, 7) is 1.23. The van der Waals surface area contributed by atoms with Crippen molar-refractivity contribution in [1.82, 2.24) is 15.1 Å². The first kappa shape index (κ1) is 16.7. The van der Waals surface area contributed by atoms with Crippen molar-refractivity contribution >= 4 is 5.82 Å². The van der Waals surface area contributed by atoms with E-state index in [0.29, 0.717) is 18.3 Å². The number of nitrogens with zero attached hydrogens (tertiary/aromatic N) is 4. The van der Waals surface area contributed by atoms with Crippen LogP contribution >= 0.6 is 0 Å². The molecular weight excluding hydrogens is 335 g/mol. The maximum absolute atomic E-state index is 13.2. The molecule has 1 atom stereocenters. The predicted octanol–water partition coefficient (Wildman–Crippen LogP) is 3.76. The molecule has 1 fully saturated rings. The molecule has 1 aliphatic heterocycles. The number of pyridine rings is 1. The van der Waals surface area contributed by atoms with Crippen molar-refractivity contribution in [3.63, 3.8) is 0 Å². The van der Waals surface area contributed by atoms with Gasteiger partial charge in [0.15, 0.2) is 5.82 Å². The Morgan fingerprint density at radius 1 is 1.23 bits per heavy atom. The van der Waals surface area contributed by atoms with Crippen LogP contribution in [0.4, 0.5) is 10.2 Å². The molecule has 0 aliphatic carbocycles. The van der Waals surface area contributed by atoms with Crippen LogP contribution < -0.4 is 4.90 Å². The molecule has 4 rings (SSSR count). The van der Waals surface area contributed by atoms with Gasteiger partial charge in [-0.15, -0.1) is 0 Å². The standard InChI is InChI=1S/C19H19FN4O2/c1-25-12-17-22-19(26-23-17)14-6-9-18(21-11-14)24-10-2-3-16(24)13-4-7-15(20)8-5-13/h4-9,11,16H,2-3,10,12H2,1H3/t16-/m0/s1. The highest BCUT2D eigenvalue weighted by Crippen LogP contribution is 2.35. The lowest BCUT2D eigenvalue weighted by Gasteiger charge is -2.26. The van der Waals surface area contributed by atoms with Crippen molar-refractivity contribution in [3.8, 4) is 11.5 Å².